The largest absolute Gasteiger partial charge is 0.435 e. The Morgan fingerprint density at radius 1 is 1.26 bits per heavy atom. The molecule has 9 nitrogen and oxygen atoms in total. The molecule has 1 aromatic carbocycles. The number of hydrogen-bond acceptors (Lipinski definition) is 7. The zero-order valence-corrected chi connectivity index (χ0v) is 17.1. The molecule has 0 aliphatic carbocycles. The molecule has 0 bridgehead atoms. The average Bonchev–Trinajstić information content (AvgIpc) is 2.73. The molecular formula is C19H18F2N4O5S. The highest BCUT2D eigenvalue weighted by molar-refractivity contribution is 7.90. The first-order valence-corrected chi connectivity index (χ1v) is 10.6. The summed E-state index contributed by atoms with van der Waals surface area (Å²) < 4.78 is 54.9. The maximum Gasteiger partial charge on any atom is 0.387 e. The second-order valence-corrected chi connectivity index (χ2v) is 8.41. The number of nitriles is 1. The number of aromatic nitrogens is 1. The molecule has 1 atom stereocenters. The van der Waals surface area contributed by atoms with E-state index in [1.54, 1.807) is 6.19 Å². The van der Waals surface area contributed by atoms with Crippen molar-refractivity contribution in [3.63, 3.8) is 0 Å². The quantitative estimate of drug-likeness (QED) is 0.449. The summed E-state index contributed by atoms with van der Waals surface area (Å²) in [4.78, 5) is 29.2. The Labute approximate surface area is 177 Å². The van der Waals surface area contributed by atoms with Crippen LogP contribution in [0, 0.1) is 11.5 Å². The van der Waals surface area contributed by atoms with Crippen LogP contribution in [0.3, 0.4) is 0 Å². The van der Waals surface area contributed by atoms with Crippen LogP contribution in [0.5, 0.6) is 5.75 Å². The maximum atomic E-state index is 12.7. The highest BCUT2D eigenvalue weighted by atomic mass is 32.2. The maximum absolute atomic E-state index is 12.7. The molecule has 0 unspecified atom stereocenters. The van der Waals surface area contributed by atoms with Crippen molar-refractivity contribution in [2.24, 2.45) is 0 Å². The minimum Gasteiger partial charge on any atom is -0.435 e. The number of sulfone groups is 1. The molecule has 12 heteroatoms. The van der Waals surface area contributed by atoms with Crippen LogP contribution in [0.25, 0.3) is 0 Å². The predicted molar refractivity (Wildman–Crippen MR) is 104 cm³/mol. The molecule has 1 heterocycles. The SMILES string of the molecule is CN(C#N)C(=O)[C@H](CS(=O)(=O)Cc1ccccc1OC(F)F)NC(=O)c1cccnc1. The van der Waals surface area contributed by atoms with E-state index in [9.17, 15) is 26.8 Å². The highest BCUT2D eigenvalue weighted by Crippen LogP contribution is 2.23. The minimum absolute atomic E-state index is 0.0405. The van der Waals surface area contributed by atoms with Gasteiger partial charge in [-0.15, -0.1) is 0 Å². The van der Waals surface area contributed by atoms with Crippen molar-refractivity contribution in [1.82, 2.24) is 15.2 Å². The molecule has 2 rings (SSSR count). The zero-order chi connectivity index (χ0) is 23.0. The molecule has 0 saturated carbocycles. The van der Waals surface area contributed by atoms with E-state index in [-0.39, 0.29) is 16.9 Å². The summed E-state index contributed by atoms with van der Waals surface area (Å²) in [6, 6.07) is 6.61. The third-order valence-corrected chi connectivity index (χ3v) is 5.58. The van der Waals surface area contributed by atoms with E-state index in [0.717, 1.165) is 7.05 Å². The van der Waals surface area contributed by atoms with Crippen LogP contribution in [0.15, 0.2) is 48.8 Å². The number of carbonyl (C=O) groups excluding carboxylic acids is 2. The lowest BCUT2D eigenvalue weighted by Crippen LogP contribution is -2.50. The Hall–Kier alpha value is -3.59. The number of hydrogen-bond donors (Lipinski definition) is 1. The molecule has 0 aliphatic rings. The number of amides is 2. The second kappa shape index (κ2) is 10.4. The molecule has 1 N–H and O–H groups in total. The summed E-state index contributed by atoms with van der Waals surface area (Å²) >= 11 is 0. The van der Waals surface area contributed by atoms with E-state index in [1.165, 1.54) is 48.8 Å². The van der Waals surface area contributed by atoms with Crippen LogP contribution in [0.1, 0.15) is 15.9 Å². The van der Waals surface area contributed by atoms with Gasteiger partial charge in [-0.3, -0.25) is 19.5 Å². The summed E-state index contributed by atoms with van der Waals surface area (Å²) in [6.45, 7) is -3.15. The first-order valence-electron chi connectivity index (χ1n) is 8.74. The third-order valence-electron chi connectivity index (χ3n) is 3.99. The fraction of sp³-hybridized carbons (Fsp3) is 0.263. The summed E-state index contributed by atoms with van der Waals surface area (Å²) in [5.74, 6) is -3.64. The van der Waals surface area contributed by atoms with Gasteiger partial charge in [0.2, 0.25) is 0 Å². The number of pyridine rings is 1. The Balaban J connectivity index is 2.26. The number of benzene rings is 1. The van der Waals surface area contributed by atoms with E-state index in [0.29, 0.717) is 4.90 Å². The van der Waals surface area contributed by atoms with E-state index >= 15 is 0 Å². The van der Waals surface area contributed by atoms with Crippen LogP contribution in [-0.2, 0) is 20.4 Å². The Morgan fingerprint density at radius 2 is 1.97 bits per heavy atom. The lowest BCUT2D eigenvalue weighted by atomic mass is 10.2. The first kappa shape index (κ1) is 23.7. The topological polar surface area (TPSA) is 129 Å². The number of alkyl halides is 2. The molecule has 0 aliphatic heterocycles. The van der Waals surface area contributed by atoms with Gasteiger partial charge < -0.3 is 10.1 Å². The molecule has 1 aromatic heterocycles. The Morgan fingerprint density at radius 3 is 2.58 bits per heavy atom. The Kier molecular flexibility index (Phi) is 7.98. The predicted octanol–water partition coefficient (Wildman–Crippen LogP) is 1.34. The monoisotopic (exact) mass is 452 g/mol. The summed E-state index contributed by atoms with van der Waals surface area (Å²) in [5, 5.41) is 11.2. The van der Waals surface area contributed by atoms with E-state index in [2.05, 4.69) is 15.0 Å². The van der Waals surface area contributed by atoms with Gasteiger partial charge in [-0.25, -0.2) is 8.42 Å². The van der Waals surface area contributed by atoms with Gasteiger partial charge >= 0.3 is 6.61 Å². The Bertz CT molecular complexity index is 1070. The number of nitrogens with one attached hydrogen (secondary N) is 1. The van der Waals surface area contributed by atoms with Gasteiger partial charge in [0.1, 0.15) is 11.8 Å². The fourth-order valence-electron chi connectivity index (χ4n) is 2.58. The highest BCUT2D eigenvalue weighted by Gasteiger charge is 2.30. The second-order valence-electron chi connectivity index (χ2n) is 6.31. The van der Waals surface area contributed by atoms with Crippen molar-refractivity contribution in [3.8, 4) is 11.9 Å². The van der Waals surface area contributed by atoms with E-state index in [4.69, 9.17) is 5.26 Å². The van der Waals surface area contributed by atoms with Crippen LogP contribution < -0.4 is 10.1 Å². The van der Waals surface area contributed by atoms with Crippen molar-refractivity contribution in [3.05, 3.63) is 59.9 Å². The summed E-state index contributed by atoms with van der Waals surface area (Å²) in [6.07, 6.45) is 4.19. The molecular weight excluding hydrogens is 434 g/mol. The van der Waals surface area contributed by atoms with Crippen molar-refractivity contribution in [1.29, 1.82) is 5.26 Å². The van der Waals surface area contributed by atoms with Crippen LogP contribution >= 0.6 is 0 Å². The van der Waals surface area contributed by atoms with Crippen LogP contribution in [-0.4, -0.2) is 55.6 Å². The molecule has 2 amide bonds. The number of ether oxygens (including phenoxy) is 1. The molecule has 2 aromatic rings. The molecule has 164 valence electrons. The van der Waals surface area contributed by atoms with Gasteiger partial charge in [0, 0.05) is 25.0 Å². The van der Waals surface area contributed by atoms with Gasteiger partial charge in [0.25, 0.3) is 11.8 Å². The van der Waals surface area contributed by atoms with Crippen LogP contribution in [0.4, 0.5) is 8.78 Å². The third kappa shape index (κ3) is 7.00. The van der Waals surface area contributed by atoms with E-state index < -0.39 is 45.8 Å². The standard InChI is InChI=1S/C19H18F2N4O5S/c1-25(12-22)18(27)15(24-17(26)13-6-4-8-23-9-13)11-31(28,29)10-14-5-2-3-7-16(14)30-19(20)21/h2-9,15,19H,10-11H2,1H3,(H,24,26)/t15-/m0/s1. The molecule has 0 radical (unpaired) electrons. The van der Waals surface area contributed by atoms with Crippen molar-refractivity contribution in [2.75, 3.05) is 12.8 Å². The lowest BCUT2D eigenvalue weighted by Gasteiger charge is -2.20. The normalized spacial score (nSPS) is 12.0. The number of carbonyl (C=O) groups is 2. The molecule has 0 saturated heterocycles. The van der Waals surface area contributed by atoms with Gasteiger partial charge in [-0.05, 0) is 18.2 Å². The van der Waals surface area contributed by atoms with Crippen LogP contribution in [0.2, 0.25) is 0 Å². The molecule has 0 fully saturated rings. The van der Waals surface area contributed by atoms with Crippen molar-refractivity contribution in [2.45, 2.75) is 18.4 Å². The smallest absolute Gasteiger partial charge is 0.387 e. The average molecular weight is 452 g/mol. The molecule has 0 spiro atoms. The van der Waals surface area contributed by atoms with Gasteiger partial charge in [0.05, 0.1) is 17.1 Å². The summed E-state index contributed by atoms with van der Waals surface area (Å²) in [7, 11) is -3.00. The number of rotatable bonds is 9. The minimum atomic E-state index is -4.12. The van der Waals surface area contributed by atoms with Gasteiger partial charge in [-0.1, -0.05) is 18.2 Å². The van der Waals surface area contributed by atoms with Gasteiger partial charge in [0.15, 0.2) is 16.0 Å². The van der Waals surface area contributed by atoms with Crippen molar-refractivity contribution < 1.29 is 31.5 Å². The van der Waals surface area contributed by atoms with Gasteiger partial charge in [-0.2, -0.15) is 14.0 Å². The number of likely N-dealkylation sites (N-methyl/N-ethyl adjacent to an activating group) is 1. The van der Waals surface area contributed by atoms with E-state index in [1.807, 2.05) is 0 Å². The number of para-hydroxylation sites is 1. The first-order chi connectivity index (χ1) is 14.6. The summed E-state index contributed by atoms with van der Waals surface area (Å²) in [5.41, 5.74) is 0.0363. The lowest BCUT2D eigenvalue weighted by molar-refractivity contribution is -0.128. The number of halogens is 2. The van der Waals surface area contributed by atoms with Crippen molar-refractivity contribution >= 4 is 21.7 Å². The molecule has 31 heavy (non-hydrogen) atoms. The fourth-order valence-corrected chi connectivity index (χ4v) is 4.14. The number of nitrogens with zero attached hydrogens (tertiary/aromatic N) is 3. The zero-order valence-electron chi connectivity index (χ0n) is 16.2.